The molecular formula is C29H35N3O3S. The number of thioether (sulfide) groups is 1. The van der Waals surface area contributed by atoms with Crippen molar-refractivity contribution < 1.29 is 14.4 Å². The summed E-state index contributed by atoms with van der Waals surface area (Å²) >= 11 is 0.886. The van der Waals surface area contributed by atoms with E-state index in [1.165, 1.54) is 11.3 Å². The van der Waals surface area contributed by atoms with E-state index in [-0.39, 0.29) is 12.1 Å². The van der Waals surface area contributed by atoms with Gasteiger partial charge >= 0.3 is 0 Å². The maximum absolute atomic E-state index is 13.0. The van der Waals surface area contributed by atoms with Crippen molar-refractivity contribution in [2.45, 2.75) is 65.8 Å². The first-order valence-corrected chi connectivity index (χ1v) is 13.4. The molecule has 3 amide bonds. The van der Waals surface area contributed by atoms with Crippen LogP contribution in [0.2, 0.25) is 0 Å². The van der Waals surface area contributed by atoms with Gasteiger partial charge in [0.2, 0.25) is 5.91 Å². The van der Waals surface area contributed by atoms with Gasteiger partial charge in [0, 0.05) is 23.5 Å². The minimum absolute atomic E-state index is 0.0873. The van der Waals surface area contributed by atoms with Crippen LogP contribution >= 0.6 is 11.8 Å². The van der Waals surface area contributed by atoms with Crippen molar-refractivity contribution in [2.24, 2.45) is 0 Å². The van der Waals surface area contributed by atoms with Gasteiger partial charge in [-0.15, -0.1) is 0 Å². The Bertz CT molecular complexity index is 1230. The molecule has 1 N–H and O–H groups in total. The molecule has 2 heterocycles. The third kappa shape index (κ3) is 5.07. The van der Waals surface area contributed by atoms with Crippen LogP contribution < -0.4 is 10.2 Å². The van der Waals surface area contributed by atoms with E-state index in [0.717, 1.165) is 52.7 Å². The highest BCUT2D eigenvalue weighted by molar-refractivity contribution is 8.18. The number of anilines is 2. The summed E-state index contributed by atoms with van der Waals surface area (Å²) in [4.78, 5) is 42.2. The molecule has 6 nitrogen and oxygen atoms in total. The molecule has 7 heteroatoms. The van der Waals surface area contributed by atoms with Crippen molar-refractivity contribution in [3.8, 4) is 0 Å². The monoisotopic (exact) mass is 505 g/mol. The number of amides is 3. The van der Waals surface area contributed by atoms with Crippen LogP contribution in [0, 0.1) is 13.8 Å². The number of hydrogen-bond acceptors (Lipinski definition) is 5. The average molecular weight is 506 g/mol. The topological polar surface area (TPSA) is 69.7 Å². The highest BCUT2D eigenvalue weighted by Crippen LogP contribution is 2.44. The standard InChI is InChI=1S/C29H35N3O3S/c1-7-13-32-23-12-11-21(14-22(23)20(4)16-29(32,5)6)15-24-27(34)31(28(35)36-24)17-25(33)30-26-18(2)9-8-10-19(26)3/h8-12,14-15,20H,7,13,16-17H2,1-6H3,(H,30,33)/b24-15+. The Morgan fingerprint density at radius 3 is 2.53 bits per heavy atom. The van der Waals surface area contributed by atoms with E-state index in [9.17, 15) is 14.4 Å². The van der Waals surface area contributed by atoms with Crippen LogP contribution in [0.3, 0.4) is 0 Å². The Hall–Kier alpha value is -3.06. The quantitative estimate of drug-likeness (QED) is 0.455. The molecule has 0 spiro atoms. The zero-order valence-electron chi connectivity index (χ0n) is 22.0. The number of carbonyl (C=O) groups is 3. The first-order valence-electron chi connectivity index (χ1n) is 12.5. The number of imide groups is 1. The molecule has 1 atom stereocenters. The third-order valence-electron chi connectivity index (χ3n) is 7.08. The number of nitrogens with zero attached hydrogens (tertiary/aromatic N) is 2. The van der Waals surface area contributed by atoms with E-state index in [1.54, 1.807) is 6.08 Å². The molecule has 0 bridgehead atoms. The summed E-state index contributed by atoms with van der Waals surface area (Å²) in [6, 6.07) is 12.0. The lowest BCUT2D eigenvalue weighted by atomic mass is 9.79. The molecule has 36 heavy (non-hydrogen) atoms. The van der Waals surface area contributed by atoms with E-state index in [0.29, 0.717) is 16.5 Å². The smallest absolute Gasteiger partial charge is 0.294 e. The van der Waals surface area contributed by atoms with Gasteiger partial charge in [-0.2, -0.15) is 0 Å². The lowest BCUT2D eigenvalue weighted by Gasteiger charge is -2.47. The van der Waals surface area contributed by atoms with Crippen molar-refractivity contribution >= 4 is 46.3 Å². The van der Waals surface area contributed by atoms with E-state index in [2.05, 4.69) is 50.0 Å². The number of fused-ring (bicyclic) bond motifs is 1. The Morgan fingerprint density at radius 1 is 1.17 bits per heavy atom. The Morgan fingerprint density at radius 2 is 1.86 bits per heavy atom. The lowest BCUT2D eigenvalue weighted by molar-refractivity contribution is -0.127. The molecule has 4 rings (SSSR count). The third-order valence-corrected chi connectivity index (χ3v) is 7.98. The minimum atomic E-state index is -0.429. The molecular weight excluding hydrogens is 470 g/mol. The zero-order valence-corrected chi connectivity index (χ0v) is 22.8. The fourth-order valence-corrected chi connectivity index (χ4v) is 6.21. The van der Waals surface area contributed by atoms with E-state index >= 15 is 0 Å². The molecule has 2 aromatic carbocycles. The molecule has 1 saturated heterocycles. The molecule has 0 aromatic heterocycles. The summed E-state index contributed by atoms with van der Waals surface area (Å²) in [5.74, 6) is -0.432. The second-order valence-corrected chi connectivity index (χ2v) is 11.5. The zero-order chi connectivity index (χ0) is 26.2. The molecule has 2 aliphatic heterocycles. The largest absolute Gasteiger partial charge is 0.366 e. The van der Waals surface area contributed by atoms with Gasteiger partial charge in [0.25, 0.3) is 11.1 Å². The summed E-state index contributed by atoms with van der Waals surface area (Å²) in [5.41, 5.74) is 6.07. The van der Waals surface area contributed by atoms with Gasteiger partial charge in [-0.3, -0.25) is 19.3 Å². The first-order chi connectivity index (χ1) is 17.0. The summed E-state index contributed by atoms with van der Waals surface area (Å²) in [6.45, 7) is 13.5. The van der Waals surface area contributed by atoms with Crippen LogP contribution in [-0.4, -0.2) is 40.6 Å². The minimum Gasteiger partial charge on any atom is -0.366 e. The SMILES string of the molecule is CCCN1c2ccc(/C=C3/SC(=O)N(CC(=O)Nc4c(C)cccc4C)C3=O)cc2C(C)CC1(C)C. The Kier molecular flexibility index (Phi) is 7.32. The normalized spacial score (nSPS) is 20.2. The van der Waals surface area contributed by atoms with Crippen LogP contribution in [0.1, 0.15) is 68.7 Å². The van der Waals surface area contributed by atoms with Crippen LogP contribution in [0.5, 0.6) is 0 Å². The van der Waals surface area contributed by atoms with Crippen LogP contribution in [-0.2, 0) is 9.59 Å². The second kappa shape index (κ2) is 10.1. The van der Waals surface area contributed by atoms with E-state index < -0.39 is 17.1 Å². The summed E-state index contributed by atoms with van der Waals surface area (Å²) < 4.78 is 0. The van der Waals surface area contributed by atoms with E-state index in [4.69, 9.17) is 0 Å². The summed E-state index contributed by atoms with van der Waals surface area (Å²) in [7, 11) is 0. The number of aryl methyl sites for hydroxylation is 2. The highest BCUT2D eigenvalue weighted by atomic mass is 32.2. The molecule has 0 radical (unpaired) electrons. The van der Waals surface area contributed by atoms with Crippen molar-refractivity contribution in [3.63, 3.8) is 0 Å². The number of nitrogens with one attached hydrogen (secondary N) is 1. The number of para-hydroxylation sites is 1. The van der Waals surface area contributed by atoms with Gasteiger partial charge in [-0.25, -0.2) is 0 Å². The highest BCUT2D eigenvalue weighted by Gasteiger charge is 2.38. The summed E-state index contributed by atoms with van der Waals surface area (Å²) in [6.07, 6.45) is 3.89. The number of hydrogen-bond donors (Lipinski definition) is 1. The number of carbonyl (C=O) groups excluding carboxylic acids is 3. The molecule has 0 saturated carbocycles. The molecule has 2 aromatic rings. The number of rotatable bonds is 6. The molecule has 1 unspecified atom stereocenters. The van der Waals surface area contributed by atoms with Gasteiger partial charge in [0.1, 0.15) is 6.54 Å². The molecule has 2 aliphatic rings. The van der Waals surface area contributed by atoms with Gasteiger partial charge in [0.05, 0.1) is 4.91 Å². The Labute approximate surface area is 218 Å². The molecule has 190 valence electrons. The molecule has 1 fully saturated rings. The predicted molar refractivity (Wildman–Crippen MR) is 148 cm³/mol. The van der Waals surface area contributed by atoms with Crippen molar-refractivity contribution in [1.29, 1.82) is 0 Å². The average Bonchev–Trinajstić information content (AvgIpc) is 3.06. The first kappa shape index (κ1) is 26.0. The Balaban J connectivity index is 1.53. The lowest BCUT2D eigenvalue weighted by Crippen LogP contribution is -2.48. The molecule has 0 aliphatic carbocycles. The van der Waals surface area contributed by atoms with Crippen molar-refractivity contribution in [2.75, 3.05) is 23.3 Å². The maximum atomic E-state index is 13.0. The van der Waals surface area contributed by atoms with Crippen LogP contribution in [0.25, 0.3) is 6.08 Å². The van der Waals surface area contributed by atoms with E-state index in [1.807, 2.05) is 38.1 Å². The van der Waals surface area contributed by atoms with Crippen LogP contribution in [0.15, 0.2) is 41.3 Å². The van der Waals surface area contributed by atoms with Gasteiger partial charge in [-0.05, 0) is 98.7 Å². The van der Waals surface area contributed by atoms with Gasteiger partial charge in [0.15, 0.2) is 0 Å². The van der Waals surface area contributed by atoms with Crippen LogP contribution in [0.4, 0.5) is 16.2 Å². The van der Waals surface area contributed by atoms with Crippen molar-refractivity contribution in [3.05, 3.63) is 63.6 Å². The van der Waals surface area contributed by atoms with Gasteiger partial charge < -0.3 is 10.2 Å². The number of benzene rings is 2. The maximum Gasteiger partial charge on any atom is 0.294 e. The predicted octanol–water partition coefficient (Wildman–Crippen LogP) is 6.48. The van der Waals surface area contributed by atoms with Crippen molar-refractivity contribution in [1.82, 2.24) is 4.90 Å². The fourth-order valence-electron chi connectivity index (χ4n) is 5.37. The second-order valence-electron chi connectivity index (χ2n) is 10.5. The van der Waals surface area contributed by atoms with Gasteiger partial charge in [-0.1, -0.05) is 38.1 Å². The fraction of sp³-hybridized carbons (Fsp3) is 0.414. The summed E-state index contributed by atoms with van der Waals surface area (Å²) in [5, 5.41) is 2.43.